The zero-order valence-electron chi connectivity index (χ0n) is 25.1. The van der Waals surface area contributed by atoms with Gasteiger partial charge < -0.3 is 14.0 Å². The van der Waals surface area contributed by atoms with Crippen LogP contribution in [0.15, 0.2) is 67.3 Å². The van der Waals surface area contributed by atoms with E-state index in [-0.39, 0.29) is 19.2 Å². The first-order valence-corrected chi connectivity index (χ1v) is 16.0. The highest BCUT2D eigenvalue weighted by Crippen LogP contribution is 2.49. The largest absolute Gasteiger partial charge is 0.460 e. The quantitative estimate of drug-likeness (QED) is 0.165. The van der Waals surface area contributed by atoms with Gasteiger partial charge in [-0.3, -0.25) is 14.2 Å². The number of allylic oxidation sites excluding steroid dienone is 1. The smallest absolute Gasteiger partial charge is 0.417 e. The molecule has 0 bridgehead atoms. The Morgan fingerprint density at radius 1 is 1.05 bits per heavy atom. The highest BCUT2D eigenvalue weighted by atomic mass is 31.2. The van der Waals surface area contributed by atoms with E-state index in [9.17, 15) is 18.9 Å². The van der Waals surface area contributed by atoms with E-state index in [1.807, 2.05) is 75.4 Å². The summed E-state index contributed by atoms with van der Waals surface area (Å²) in [5.74, 6) is -2.70. The molecule has 1 unspecified atom stereocenters. The van der Waals surface area contributed by atoms with Crippen LogP contribution in [0.3, 0.4) is 0 Å². The van der Waals surface area contributed by atoms with Crippen LogP contribution in [0.25, 0.3) is 0 Å². The van der Waals surface area contributed by atoms with Crippen molar-refractivity contribution in [1.29, 1.82) is 0 Å². The number of imide groups is 1. The Morgan fingerprint density at radius 2 is 1.66 bits per heavy atom. The first kappa shape index (κ1) is 32.3. The van der Waals surface area contributed by atoms with Crippen molar-refractivity contribution in [2.75, 3.05) is 13.3 Å². The zero-order chi connectivity index (χ0) is 30.6. The van der Waals surface area contributed by atoms with Crippen molar-refractivity contribution < 1.29 is 32.9 Å². The molecule has 2 amide bonds. The van der Waals surface area contributed by atoms with Crippen molar-refractivity contribution in [3.63, 3.8) is 0 Å². The number of ether oxygens (including phenoxy) is 2. The van der Waals surface area contributed by atoms with E-state index in [4.69, 9.17) is 14.0 Å². The van der Waals surface area contributed by atoms with E-state index in [1.54, 1.807) is 33.5 Å². The van der Waals surface area contributed by atoms with E-state index < -0.39 is 54.4 Å². The average molecular weight is 584 g/mol. The van der Waals surface area contributed by atoms with Crippen molar-refractivity contribution in [3.05, 3.63) is 83.9 Å². The van der Waals surface area contributed by atoms with Gasteiger partial charge in [0, 0.05) is 18.7 Å². The van der Waals surface area contributed by atoms with Crippen LogP contribution in [0.2, 0.25) is 0 Å². The summed E-state index contributed by atoms with van der Waals surface area (Å²) in [6.45, 7) is 16.5. The topological polar surface area (TPSA) is 99.2 Å². The van der Waals surface area contributed by atoms with Gasteiger partial charge >= 0.3 is 12.1 Å². The van der Waals surface area contributed by atoms with Crippen molar-refractivity contribution in [1.82, 2.24) is 4.90 Å². The van der Waals surface area contributed by atoms with Crippen molar-refractivity contribution in [2.45, 2.75) is 77.3 Å². The van der Waals surface area contributed by atoms with Crippen LogP contribution in [0, 0.1) is 5.92 Å². The van der Waals surface area contributed by atoms with Crippen LogP contribution in [-0.4, -0.2) is 47.3 Å². The molecule has 9 heteroatoms. The predicted molar refractivity (Wildman–Crippen MR) is 159 cm³/mol. The summed E-state index contributed by atoms with van der Waals surface area (Å²) >= 11 is 0. The summed E-state index contributed by atoms with van der Waals surface area (Å²) in [5, 5.41) is 0. The van der Waals surface area contributed by atoms with Crippen LogP contribution >= 0.6 is 7.37 Å². The van der Waals surface area contributed by atoms with Crippen LogP contribution in [0.5, 0.6) is 0 Å². The minimum absolute atomic E-state index is 0.0227. The van der Waals surface area contributed by atoms with Crippen molar-refractivity contribution >= 4 is 25.3 Å². The second-order valence-electron chi connectivity index (χ2n) is 12.5. The van der Waals surface area contributed by atoms with Crippen LogP contribution in [0.1, 0.15) is 76.6 Å². The predicted octanol–water partition coefficient (Wildman–Crippen LogP) is 7.25. The van der Waals surface area contributed by atoms with Gasteiger partial charge in [0.25, 0.3) is 0 Å². The molecule has 41 heavy (non-hydrogen) atoms. The monoisotopic (exact) mass is 583 g/mol. The molecule has 1 aliphatic rings. The number of cyclic esters (lactones) is 1. The van der Waals surface area contributed by atoms with E-state index >= 15 is 0 Å². The average Bonchev–Trinajstić information content (AvgIpc) is 3.23. The van der Waals surface area contributed by atoms with Gasteiger partial charge in [-0.2, -0.15) is 0 Å². The number of benzene rings is 2. The molecule has 0 saturated carbocycles. The van der Waals surface area contributed by atoms with Gasteiger partial charge in [0.05, 0.1) is 17.9 Å². The summed E-state index contributed by atoms with van der Waals surface area (Å²) in [6.07, 6.45) is 0.841. The van der Waals surface area contributed by atoms with Gasteiger partial charge in [0.15, 0.2) is 0 Å². The normalized spacial score (nSPS) is 18.7. The summed E-state index contributed by atoms with van der Waals surface area (Å²) in [5.41, 5.74) is 0.995. The maximum atomic E-state index is 14.1. The number of carbonyl (C=O) groups is 3. The maximum absolute atomic E-state index is 14.1. The Balaban J connectivity index is 1.94. The lowest BCUT2D eigenvalue weighted by atomic mass is 9.82. The molecule has 3 rings (SSSR count). The minimum atomic E-state index is -2.91. The van der Waals surface area contributed by atoms with E-state index in [1.165, 1.54) is 0 Å². The van der Waals surface area contributed by atoms with Crippen LogP contribution in [-0.2, 0) is 34.3 Å². The summed E-state index contributed by atoms with van der Waals surface area (Å²) < 4.78 is 29.7. The molecular weight excluding hydrogens is 541 g/mol. The highest BCUT2D eigenvalue weighted by Gasteiger charge is 2.44. The fourth-order valence-electron chi connectivity index (χ4n) is 5.02. The molecule has 222 valence electrons. The molecule has 0 N–H and O–H groups in total. The maximum Gasteiger partial charge on any atom is 0.417 e. The number of hydrogen-bond acceptors (Lipinski definition) is 7. The van der Waals surface area contributed by atoms with Crippen LogP contribution in [0.4, 0.5) is 4.79 Å². The van der Waals surface area contributed by atoms with Gasteiger partial charge in [0.1, 0.15) is 18.2 Å². The van der Waals surface area contributed by atoms with Gasteiger partial charge in [-0.25, -0.2) is 9.69 Å². The Labute approximate surface area is 243 Å². The van der Waals surface area contributed by atoms with E-state index in [0.29, 0.717) is 0 Å². The molecule has 2 aromatic carbocycles. The SMILES string of the molecule is C=C[C@H](c1ccc(CP(C)(=O)OC(C)(C)C)cc1)[C@H](CC(=O)OC(C)(C)C)C(=O)N1C(=O)OC[C@@H]1c1ccccc1. The Morgan fingerprint density at radius 3 is 2.20 bits per heavy atom. The zero-order valence-corrected chi connectivity index (χ0v) is 26.0. The fourth-order valence-corrected chi connectivity index (χ4v) is 7.11. The van der Waals surface area contributed by atoms with Gasteiger partial charge in [-0.1, -0.05) is 60.7 Å². The van der Waals surface area contributed by atoms with E-state index in [2.05, 4.69) is 6.58 Å². The van der Waals surface area contributed by atoms with Crippen molar-refractivity contribution in [3.8, 4) is 0 Å². The van der Waals surface area contributed by atoms with Gasteiger partial charge in [0.2, 0.25) is 13.3 Å². The molecule has 4 atom stereocenters. The third-order valence-corrected chi connectivity index (χ3v) is 8.28. The summed E-state index contributed by atoms with van der Waals surface area (Å²) in [4.78, 5) is 41.1. The number of amides is 2. The van der Waals surface area contributed by atoms with Gasteiger partial charge in [-0.05, 0) is 58.2 Å². The Hall–Kier alpha value is -3.22. The molecule has 2 aromatic rings. The third-order valence-electron chi connectivity index (χ3n) is 6.41. The molecule has 0 aliphatic carbocycles. The molecule has 0 spiro atoms. The molecule has 8 nitrogen and oxygen atoms in total. The number of nitrogens with zero attached hydrogens (tertiary/aromatic N) is 1. The molecule has 1 saturated heterocycles. The minimum Gasteiger partial charge on any atom is -0.460 e. The molecular formula is C32H42NO7P. The molecule has 1 aliphatic heterocycles. The molecule has 1 heterocycles. The number of carbonyl (C=O) groups excluding carboxylic acids is 3. The molecule has 0 aromatic heterocycles. The standard InChI is InChI=1S/C32H42NO7P/c1-9-25(23-17-15-22(16-18-23)21-41(8,37)40-32(5,6)7)26(19-28(34)39-31(2,3)4)29(35)33-27(20-38-30(33)36)24-13-11-10-12-14-24/h9-18,25-27H,1,19-21H2,2-8H3/t25-,26+,27-,41?/m1/s1. The Bertz CT molecular complexity index is 1290. The fraction of sp³-hybridized carbons (Fsp3) is 0.469. The lowest BCUT2D eigenvalue weighted by molar-refractivity contribution is -0.158. The molecule has 1 fully saturated rings. The first-order valence-electron chi connectivity index (χ1n) is 13.7. The third kappa shape index (κ3) is 9.14. The lowest BCUT2D eigenvalue weighted by Gasteiger charge is -2.30. The first-order chi connectivity index (χ1) is 19.0. The highest BCUT2D eigenvalue weighted by molar-refractivity contribution is 7.57. The Kier molecular flexibility index (Phi) is 10.0. The summed E-state index contributed by atoms with van der Waals surface area (Å²) in [6, 6.07) is 15.9. The second-order valence-corrected chi connectivity index (χ2v) is 15.0. The lowest BCUT2D eigenvalue weighted by Crippen LogP contribution is -2.42. The second kappa shape index (κ2) is 12.7. The number of rotatable bonds is 10. The summed E-state index contributed by atoms with van der Waals surface area (Å²) in [7, 11) is -2.91. The van der Waals surface area contributed by atoms with Crippen molar-refractivity contribution in [2.24, 2.45) is 5.92 Å². The number of hydrogen-bond donors (Lipinski definition) is 0. The van der Waals surface area contributed by atoms with Crippen LogP contribution < -0.4 is 0 Å². The number of esters is 1. The van der Waals surface area contributed by atoms with Gasteiger partial charge in [-0.15, -0.1) is 6.58 Å². The molecule has 0 radical (unpaired) electrons. The van der Waals surface area contributed by atoms with E-state index in [0.717, 1.165) is 21.6 Å².